The predicted octanol–water partition coefficient (Wildman–Crippen LogP) is 2.43. The first-order chi connectivity index (χ1) is 7.19. The zero-order valence-corrected chi connectivity index (χ0v) is 9.16. The molecule has 0 fully saturated rings. The van der Waals surface area contributed by atoms with Crippen LogP contribution in [-0.2, 0) is 4.79 Å². The summed E-state index contributed by atoms with van der Waals surface area (Å²) in [6.45, 7) is 4.36. The van der Waals surface area contributed by atoms with Crippen molar-refractivity contribution in [3.63, 3.8) is 0 Å². The van der Waals surface area contributed by atoms with Crippen molar-refractivity contribution in [1.29, 1.82) is 0 Å². The molecule has 0 radical (unpaired) electrons. The summed E-state index contributed by atoms with van der Waals surface area (Å²) in [7, 11) is 0. The molecule has 2 heteroatoms. The molecule has 0 bridgehead atoms. The second kappa shape index (κ2) is 5.21. The van der Waals surface area contributed by atoms with E-state index in [1.54, 1.807) is 11.8 Å². The SMILES string of the molecule is C#Cc1ccc(N(CCC)C(C)=O)cc1. The van der Waals surface area contributed by atoms with E-state index in [2.05, 4.69) is 5.92 Å². The number of hydrogen-bond donors (Lipinski definition) is 0. The number of amides is 1. The zero-order chi connectivity index (χ0) is 11.3. The van der Waals surface area contributed by atoms with Crippen molar-refractivity contribution >= 4 is 11.6 Å². The summed E-state index contributed by atoms with van der Waals surface area (Å²) in [6.07, 6.45) is 6.20. The Hall–Kier alpha value is -1.75. The number of rotatable bonds is 3. The van der Waals surface area contributed by atoms with Crippen molar-refractivity contribution in [2.45, 2.75) is 20.3 Å². The lowest BCUT2D eigenvalue weighted by Crippen LogP contribution is -2.28. The molecule has 2 nitrogen and oxygen atoms in total. The molecule has 15 heavy (non-hydrogen) atoms. The van der Waals surface area contributed by atoms with Crippen molar-refractivity contribution in [1.82, 2.24) is 0 Å². The summed E-state index contributed by atoms with van der Waals surface area (Å²) >= 11 is 0. The Bertz CT molecular complexity index is 373. The second-order valence-electron chi connectivity index (χ2n) is 3.36. The molecule has 0 heterocycles. The maximum absolute atomic E-state index is 11.4. The smallest absolute Gasteiger partial charge is 0.223 e. The Morgan fingerprint density at radius 1 is 1.40 bits per heavy atom. The largest absolute Gasteiger partial charge is 0.313 e. The van der Waals surface area contributed by atoms with E-state index in [0.717, 1.165) is 24.2 Å². The van der Waals surface area contributed by atoms with Crippen molar-refractivity contribution in [2.24, 2.45) is 0 Å². The number of benzene rings is 1. The number of carbonyl (C=O) groups is 1. The van der Waals surface area contributed by atoms with Crippen LogP contribution in [0.1, 0.15) is 25.8 Å². The molecule has 0 spiro atoms. The van der Waals surface area contributed by atoms with Crippen LogP contribution in [0, 0.1) is 12.3 Å². The summed E-state index contributed by atoms with van der Waals surface area (Å²) in [6, 6.07) is 7.46. The van der Waals surface area contributed by atoms with E-state index in [1.807, 2.05) is 31.2 Å². The third-order valence-corrected chi connectivity index (χ3v) is 2.17. The van der Waals surface area contributed by atoms with Crippen molar-refractivity contribution in [3.05, 3.63) is 29.8 Å². The van der Waals surface area contributed by atoms with Gasteiger partial charge in [0.1, 0.15) is 0 Å². The minimum atomic E-state index is 0.0605. The van der Waals surface area contributed by atoms with Crippen LogP contribution in [0.3, 0.4) is 0 Å². The molecule has 0 aromatic heterocycles. The highest BCUT2D eigenvalue weighted by Gasteiger charge is 2.09. The molecular formula is C13H15NO. The van der Waals surface area contributed by atoms with Crippen LogP contribution in [0.2, 0.25) is 0 Å². The monoisotopic (exact) mass is 201 g/mol. The molecule has 0 aliphatic heterocycles. The zero-order valence-electron chi connectivity index (χ0n) is 9.16. The summed E-state index contributed by atoms with van der Waals surface area (Å²) in [5.41, 5.74) is 1.74. The summed E-state index contributed by atoms with van der Waals surface area (Å²) < 4.78 is 0. The Morgan fingerprint density at radius 3 is 2.40 bits per heavy atom. The number of carbonyl (C=O) groups excluding carboxylic acids is 1. The van der Waals surface area contributed by atoms with Gasteiger partial charge < -0.3 is 4.90 Å². The minimum absolute atomic E-state index is 0.0605. The average molecular weight is 201 g/mol. The Balaban J connectivity index is 2.92. The third kappa shape index (κ3) is 2.85. The van der Waals surface area contributed by atoms with Crippen LogP contribution in [0.5, 0.6) is 0 Å². The number of nitrogens with zero attached hydrogens (tertiary/aromatic N) is 1. The molecule has 0 aliphatic carbocycles. The van der Waals surface area contributed by atoms with E-state index >= 15 is 0 Å². The van der Waals surface area contributed by atoms with E-state index < -0.39 is 0 Å². The van der Waals surface area contributed by atoms with Gasteiger partial charge in [0.15, 0.2) is 0 Å². The maximum atomic E-state index is 11.4. The molecule has 0 saturated carbocycles. The van der Waals surface area contributed by atoms with Gasteiger partial charge in [-0.2, -0.15) is 0 Å². The fourth-order valence-corrected chi connectivity index (χ4v) is 1.43. The molecule has 1 rings (SSSR count). The predicted molar refractivity (Wildman–Crippen MR) is 62.7 cm³/mol. The molecule has 0 saturated heterocycles. The first-order valence-corrected chi connectivity index (χ1v) is 5.03. The highest BCUT2D eigenvalue weighted by molar-refractivity contribution is 5.91. The van der Waals surface area contributed by atoms with Crippen LogP contribution in [-0.4, -0.2) is 12.5 Å². The molecular weight excluding hydrogens is 186 g/mol. The van der Waals surface area contributed by atoms with Crippen LogP contribution in [0.15, 0.2) is 24.3 Å². The standard InChI is InChI=1S/C13H15NO/c1-4-10-14(11(3)15)13-8-6-12(5-2)7-9-13/h2,6-9H,4,10H2,1,3H3. The van der Waals surface area contributed by atoms with E-state index in [9.17, 15) is 4.79 Å². The van der Waals surface area contributed by atoms with Gasteiger partial charge in [-0.15, -0.1) is 6.42 Å². The summed E-state index contributed by atoms with van der Waals surface area (Å²) in [5.74, 6) is 2.61. The lowest BCUT2D eigenvalue weighted by molar-refractivity contribution is -0.116. The average Bonchev–Trinajstić information content (AvgIpc) is 2.26. The lowest BCUT2D eigenvalue weighted by Gasteiger charge is -2.20. The maximum Gasteiger partial charge on any atom is 0.223 e. The molecule has 0 unspecified atom stereocenters. The third-order valence-electron chi connectivity index (χ3n) is 2.17. The van der Waals surface area contributed by atoms with Gasteiger partial charge in [-0.25, -0.2) is 0 Å². The van der Waals surface area contributed by atoms with Gasteiger partial charge in [0.2, 0.25) is 5.91 Å². The lowest BCUT2D eigenvalue weighted by atomic mass is 10.2. The number of anilines is 1. The number of hydrogen-bond acceptors (Lipinski definition) is 1. The first-order valence-electron chi connectivity index (χ1n) is 5.03. The van der Waals surface area contributed by atoms with E-state index in [4.69, 9.17) is 6.42 Å². The van der Waals surface area contributed by atoms with Gasteiger partial charge in [0, 0.05) is 24.7 Å². The van der Waals surface area contributed by atoms with Gasteiger partial charge >= 0.3 is 0 Å². The van der Waals surface area contributed by atoms with Crippen LogP contribution in [0.4, 0.5) is 5.69 Å². The fraction of sp³-hybridized carbons (Fsp3) is 0.308. The van der Waals surface area contributed by atoms with Crippen LogP contribution in [0.25, 0.3) is 0 Å². The van der Waals surface area contributed by atoms with Crippen molar-refractivity contribution in [2.75, 3.05) is 11.4 Å². The fourth-order valence-electron chi connectivity index (χ4n) is 1.43. The van der Waals surface area contributed by atoms with Crippen molar-refractivity contribution < 1.29 is 4.79 Å². The second-order valence-corrected chi connectivity index (χ2v) is 3.36. The Morgan fingerprint density at radius 2 is 2.00 bits per heavy atom. The van der Waals surface area contributed by atoms with Gasteiger partial charge in [0.05, 0.1) is 0 Å². The van der Waals surface area contributed by atoms with E-state index in [1.165, 1.54) is 0 Å². The van der Waals surface area contributed by atoms with Gasteiger partial charge in [-0.1, -0.05) is 12.8 Å². The van der Waals surface area contributed by atoms with Crippen LogP contribution >= 0.6 is 0 Å². The molecule has 0 atom stereocenters. The summed E-state index contributed by atoms with van der Waals surface area (Å²) in [5, 5.41) is 0. The first kappa shape index (κ1) is 11.3. The quantitative estimate of drug-likeness (QED) is 0.688. The Labute approximate surface area is 90.9 Å². The van der Waals surface area contributed by atoms with E-state index in [0.29, 0.717) is 0 Å². The topological polar surface area (TPSA) is 20.3 Å². The molecule has 1 amide bonds. The van der Waals surface area contributed by atoms with Gasteiger partial charge in [-0.3, -0.25) is 4.79 Å². The highest BCUT2D eigenvalue weighted by Crippen LogP contribution is 2.15. The van der Waals surface area contributed by atoms with Crippen LogP contribution < -0.4 is 4.90 Å². The minimum Gasteiger partial charge on any atom is -0.313 e. The van der Waals surface area contributed by atoms with Gasteiger partial charge in [0.25, 0.3) is 0 Å². The molecule has 78 valence electrons. The molecule has 0 aliphatic rings. The molecule has 1 aromatic rings. The van der Waals surface area contributed by atoms with Gasteiger partial charge in [-0.05, 0) is 30.7 Å². The van der Waals surface area contributed by atoms with E-state index in [-0.39, 0.29) is 5.91 Å². The summed E-state index contributed by atoms with van der Waals surface area (Å²) in [4.78, 5) is 13.1. The molecule has 1 aromatic carbocycles. The van der Waals surface area contributed by atoms with Crippen molar-refractivity contribution in [3.8, 4) is 12.3 Å². The number of terminal acetylenes is 1. The molecule has 0 N–H and O–H groups in total. The Kier molecular flexibility index (Phi) is 3.93. The highest BCUT2D eigenvalue weighted by atomic mass is 16.2. The normalized spacial score (nSPS) is 9.40.